The second-order valence-corrected chi connectivity index (χ2v) is 10.1. The number of rotatable bonds is 6. The van der Waals surface area contributed by atoms with E-state index in [0.717, 1.165) is 5.56 Å². The van der Waals surface area contributed by atoms with E-state index in [-0.39, 0.29) is 16.5 Å². The van der Waals surface area contributed by atoms with Crippen LogP contribution >= 0.6 is 34.7 Å². The average molecular weight is 521 g/mol. The van der Waals surface area contributed by atoms with Crippen molar-refractivity contribution in [2.75, 3.05) is 4.90 Å². The Morgan fingerprint density at radius 2 is 1.80 bits per heavy atom. The van der Waals surface area contributed by atoms with Crippen LogP contribution in [0.25, 0.3) is 5.76 Å². The molecular formula is C25H17ClN4O3S2. The molecule has 0 bridgehead atoms. The molecule has 5 rings (SSSR count). The number of anilines is 1. The number of hydrogen-bond donors (Lipinski definition) is 1. The van der Waals surface area contributed by atoms with E-state index < -0.39 is 17.7 Å². The minimum atomic E-state index is -0.890. The topological polar surface area (TPSA) is 96.3 Å². The first-order valence-corrected chi connectivity index (χ1v) is 12.7. The lowest BCUT2D eigenvalue weighted by molar-refractivity contribution is -0.132. The Labute approximate surface area is 214 Å². The summed E-state index contributed by atoms with van der Waals surface area (Å²) in [6, 6.07) is 18.8. The highest BCUT2D eigenvalue weighted by Crippen LogP contribution is 2.43. The van der Waals surface area contributed by atoms with Gasteiger partial charge in [-0.25, -0.2) is 0 Å². The largest absolute Gasteiger partial charge is 0.507 e. The number of carbonyl (C=O) groups excluding carboxylic acids is 2. The first kappa shape index (κ1) is 23.2. The summed E-state index contributed by atoms with van der Waals surface area (Å²) in [6.07, 6.45) is 3.16. The molecule has 1 amide bonds. The molecule has 174 valence electrons. The van der Waals surface area contributed by atoms with Gasteiger partial charge in [-0.3, -0.25) is 19.5 Å². The van der Waals surface area contributed by atoms with Gasteiger partial charge in [-0.2, -0.15) is 0 Å². The monoisotopic (exact) mass is 520 g/mol. The van der Waals surface area contributed by atoms with Crippen molar-refractivity contribution in [2.24, 2.45) is 0 Å². The molecule has 2 aromatic heterocycles. The maximum atomic E-state index is 13.2. The summed E-state index contributed by atoms with van der Waals surface area (Å²) in [6.45, 7) is 0. The minimum absolute atomic E-state index is 0.0188. The van der Waals surface area contributed by atoms with Gasteiger partial charge >= 0.3 is 5.91 Å². The zero-order valence-electron chi connectivity index (χ0n) is 18.0. The predicted molar refractivity (Wildman–Crippen MR) is 136 cm³/mol. The standard InChI is InChI=1S/C25H17ClN4O3S2/c26-18-11-5-4-9-17(18)14-34-25-29-28-24(35-25)30-20(16-10-6-12-27-13-16)19(22(32)23(30)33)21(31)15-7-2-1-3-8-15/h1-13,20,31H,14H2/b21-19-. The quantitative estimate of drug-likeness (QED) is 0.118. The maximum absolute atomic E-state index is 13.2. The van der Waals surface area contributed by atoms with Crippen molar-refractivity contribution in [2.45, 2.75) is 16.1 Å². The molecule has 1 N–H and O–H groups in total. The molecule has 3 heterocycles. The van der Waals surface area contributed by atoms with Crippen LogP contribution in [0.1, 0.15) is 22.7 Å². The number of thioether (sulfide) groups is 1. The van der Waals surface area contributed by atoms with E-state index in [1.165, 1.54) is 28.0 Å². The van der Waals surface area contributed by atoms with Gasteiger partial charge in [0.05, 0.1) is 11.6 Å². The fourth-order valence-electron chi connectivity index (χ4n) is 3.75. The van der Waals surface area contributed by atoms with Crippen molar-refractivity contribution in [1.82, 2.24) is 15.2 Å². The Hall–Kier alpha value is -3.53. The smallest absolute Gasteiger partial charge is 0.301 e. The summed E-state index contributed by atoms with van der Waals surface area (Å²) in [7, 11) is 0. The third-order valence-corrected chi connectivity index (χ3v) is 7.88. The lowest BCUT2D eigenvalue weighted by Gasteiger charge is -2.22. The summed E-state index contributed by atoms with van der Waals surface area (Å²) < 4.78 is 0.620. The molecule has 1 unspecified atom stereocenters. The number of aliphatic hydroxyl groups excluding tert-OH is 1. The van der Waals surface area contributed by atoms with Crippen molar-refractivity contribution in [3.05, 3.63) is 106 Å². The normalized spacial score (nSPS) is 17.2. The molecule has 1 aliphatic heterocycles. The van der Waals surface area contributed by atoms with Crippen LogP contribution in [0.2, 0.25) is 5.02 Å². The molecular weight excluding hydrogens is 504 g/mol. The van der Waals surface area contributed by atoms with E-state index in [1.54, 1.807) is 54.9 Å². The van der Waals surface area contributed by atoms with Gasteiger partial charge in [-0.05, 0) is 23.3 Å². The van der Waals surface area contributed by atoms with Gasteiger partial charge in [0, 0.05) is 28.7 Å². The van der Waals surface area contributed by atoms with Crippen molar-refractivity contribution in [3.8, 4) is 0 Å². The zero-order valence-corrected chi connectivity index (χ0v) is 20.4. The summed E-state index contributed by atoms with van der Waals surface area (Å²) in [4.78, 5) is 31.8. The number of hydrogen-bond acceptors (Lipinski definition) is 8. The highest BCUT2D eigenvalue weighted by atomic mass is 35.5. The molecule has 1 aliphatic rings. The van der Waals surface area contributed by atoms with Crippen molar-refractivity contribution < 1.29 is 14.7 Å². The van der Waals surface area contributed by atoms with Crippen LogP contribution < -0.4 is 4.90 Å². The third kappa shape index (κ3) is 4.58. The van der Waals surface area contributed by atoms with Gasteiger partial charge in [0.2, 0.25) is 5.13 Å². The molecule has 1 fully saturated rings. The van der Waals surface area contributed by atoms with E-state index in [4.69, 9.17) is 11.6 Å². The number of Topliss-reactive ketones (excluding diaryl/α,β-unsaturated/α-hetero) is 1. The van der Waals surface area contributed by atoms with E-state index in [1.807, 2.05) is 24.3 Å². The number of aliphatic hydroxyl groups is 1. The number of ketones is 1. The Balaban J connectivity index is 1.52. The van der Waals surface area contributed by atoms with E-state index in [9.17, 15) is 14.7 Å². The minimum Gasteiger partial charge on any atom is -0.507 e. The molecule has 0 spiro atoms. The van der Waals surface area contributed by atoms with Crippen LogP contribution in [0.3, 0.4) is 0 Å². The molecule has 2 aromatic carbocycles. The number of halogens is 1. The molecule has 1 atom stereocenters. The van der Waals surface area contributed by atoms with Gasteiger partial charge in [0.25, 0.3) is 5.78 Å². The second kappa shape index (κ2) is 9.99. The number of carbonyl (C=O) groups is 2. The van der Waals surface area contributed by atoms with E-state index in [0.29, 0.717) is 26.2 Å². The Kier molecular flexibility index (Phi) is 6.63. The van der Waals surface area contributed by atoms with Crippen LogP contribution in [0, 0.1) is 0 Å². The molecule has 4 aromatic rings. The van der Waals surface area contributed by atoms with Gasteiger partial charge < -0.3 is 5.11 Å². The van der Waals surface area contributed by atoms with Crippen LogP contribution in [0.5, 0.6) is 0 Å². The number of nitrogens with zero attached hydrogens (tertiary/aromatic N) is 4. The highest BCUT2D eigenvalue weighted by molar-refractivity contribution is 8.00. The number of pyridine rings is 1. The first-order chi connectivity index (χ1) is 17.0. The zero-order chi connectivity index (χ0) is 24.4. The van der Waals surface area contributed by atoms with Gasteiger partial charge in [-0.15, -0.1) is 10.2 Å². The average Bonchev–Trinajstić information content (AvgIpc) is 3.46. The molecule has 0 radical (unpaired) electrons. The van der Waals surface area contributed by atoms with Crippen LogP contribution in [-0.4, -0.2) is 32.0 Å². The molecule has 0 aliphatic carbocycles. The summed E-state index contributed by atoms with van der Waals surface area (Å²) in [5.74, 6) is -1.25. The van der Waals surface area contributed by atoms with Crippen LogP contribution in [-0.2, 0) is 15.3 Å². The lowest BCUT2D eigenvalue weighted by Crippen LogP contribution is -2.29. The third-order valence-electron chi connectivity index (χ3n) is 5.40. The first-order valence-electron chi connectivity index (χ1n) is 10.5. The lowest BCUT2D eigenvalue weighted by atomic mass is 9.96. The predicted octanol–water partition coefficient (Wildman–Crippen LogP) is 5.51. The highest BCUT2D eigenvalue weighted by Gasteiger charge is 2.48. The van der Waals surface area contributed by atoms with Crippen LogP contribution in [0.4, 0.5) is 5.13 Å². The Bertz CT molecular complexity index is 1430. The van der Waals surface area contributed by atoms with Gasteiger partial charge in [-0.1, -0.05) is 89.3 Å². The van der Waals surface area contributed by atoms with Crippen molar-refractivity contribution in [1.29, 1.82) is 0 Å². The van der Waals surface area contributed by atoms with Gasteiger partial charge in [0.1, 0.15) is 5.76 Å². The number of amides is 1. The Morgan fingerprint density at radius 1 is 1.03 bits per heavy atom. The number of aromatic nitrogens is 3. The maximum Gasteiger partial charge on any atom is 0.301 e. The van der Waals surface area contributed by atoms with Crippen molar-refractivity contribution >= 4 is 57.3 Å². The van der Waals surface area contributed by atoms with Crippen LogP contribution in [0.15, 0.2) is 89.0 Å². The second-order valence-electron chi connectivity index (χ2n) is 7.55. The summed E-state index contributed by atoms with van der Waals surface area (Å²) >= 11 is 8.88. The molecule has 10 heteroatoms. The summed E-state index contributed by atoms with van der Waals surface area (Å²) in [5, 5.41) is 20.4. The summed E-state index contributed by atoms with van der Waals surface area (Å²) in [5.41, 5.74) is 1.95. The van der Waals surface area contributed by atoms with Crippen molar-refractivity contribution in [3.63, 3.8) is 0 Å². The van der Waals surface area contributed by atoms with E-state index in [2.05, 4.69) is 15.2 Å². The SMILES string of the molecule is O=C1C(=O)N(c2nnc(SCc3ccccc3Cl)s2)C(c2cccnc2)/C1=C(/O)c1ccccc1. The molecule has 0 saturated carbocycles. The Morgan fingerprint density at radius 3 is 2.54 bits per heavy atom. The van der Waals surface area contributed by atoms with E-state index >= 15 is 0 Å². The van der Waals surface area contributed by atoms with Gasteiger partial charge in [0.15, 0.2) is 4.34 Å². The molecule has 7 nitrogen and oxygen atoms in total. The molecule has 1 saturated heterocycles. The molecule has 35 heavy (non-hydrogen) atoms. The fourth-order valence-corrected chi connectivity index (χ4v) is 5.90. The number of benzene rings is 2. The fraction of sp³-hybridized carbons (Fsp3) is 0.0800.